The number of aryl methyl sites for hydroxylation is 1. The summed E-state index contributed by atoms with van der Waals surface area (Å²) in [6, 6.07) is 12.9. The molecule has 1 aliphatic carbocycles. The molecule has 7 heteroatoms. The minimum atomic E-state index is -0.0511. The summed E-state index contributed by atoms with van der Waals surface area (Å²) in [6.45, 7) is 2.61. The van der Waals surface area contributed by atoms with Gasteiger partial charge in [-0.15, -0.1) is 11.3 Å². The van der Waals surface area contributed by atoms with Gasteiger partial charge in [0.2, 0.25) is 0 Å². The molecule has 4 aromatic rings. The molecule has 0 spiro atoms. The first kappa shape index (κ1) is 20.6. The summed E-state index contributed by atoms with van der Waals surface area (Å²) in [5.41, 5.74) is 2.85. The van der Waals surface area contributed by atoms with E-state index in [1.54, 1.807) is 23.5 Å². The summed E-state index contributed by atoms with van der Waals surface area (Å²) in [5.74, 6) is 1.95. The topological polar surface area (TPSA) is 55.0 Å². The van der Waals surface area contributed by atoms with Gasteiger partial charge in [-0.3, -0.25) is 4.79 Å². The van der Waals surface area contributed by atoms with Crippen LogP contribution in [0.5, 0.6) is 5.75 Å². The fourth-order valence-corrected chi connectivity index (χ4v) is 5.84. The number of H-pyrrole nitrogens is 1. The molecule has 0 saturated heterocycles. The summed E-state index contributed by atoms with van der Waals surface area (Å²) in [7, 11) is 0. The Bertz CT molecular complexity index is 1330. The Hall–Kier alpha value is -2.34. The molecule has 0 fully saturated rings. The molecule has 0 radical (unpaired) electrons. The molecule has 0 aliphatic heterocycles. The molecular formula is C24H20Cl2N2O2S. The first-order chi connectivity index (χ1) is 15.0. The molecule has 0 bridgehead atoms. The van der Waals surface area contributed by atoms with Crippen LogP contribution >= 0.6 is 34.5 Å². The van der Waals surface area contributed by atoms with Crippen molar-refractivity contribution in [2.75, 3.05) is 0 Å². The van der Waals surface area contributed by atoms with Crippen molar-refractivity contribution in [1.82, 2.24) is 9.97 Å². The molecule has 0 saturated carbocycles. The van der Waals surface area contributed by atoms with Crippen molar-refractivity contribution in [3.63, 3.8) is 0 Å². The maximum Gasteiger partial charge on any atom is 0.260 e. The van der Waals surface area contributed by atoms with E-state index in [9.17, 15) is 4.79 Å². The van der Waals surface area contributed by atoms with E-state index < -0.39 is 0 Å². The number of thiophene rings is 1. The Kier molecular flexibility index (Phi) is 5.51. The van der Waals surface area contributed by atoms with Gasteiger partial charge in [-0.2, -0.15) is 0 Å². The molecule has 158 valence electrons. The molecule has 2 heterocycles. The predicted molar refractivity (Wildman–Crippen MR) is 128 cm³/mol. The van der Waals surface area contributed by atoms with Crippen LogP contribution in [0.3, 0.4) is 0 Å². The first-order valence-electron chi connectivity index (χ1n) is 10.2. The van der Waals surface area contributed by atoms with Crippen molar-refractivity contribution in [2.45, 2.75) is 32.8 Å². The number of aromatic nitrogens is 2. The Labute approximate surface area is 193 Å². The van der Waals surface area contributed by atoms with Crippen LogP contribution in [0.4, 0.5) is 0 Å². The van der Waals surface area contributed by atoms with Gasteiger partial charge in [-0.1, -0.05) is 36.2 Å². The van der Waals surface area contributed by atoms with E-state index in [1.165, 1.54) is 10.4 Å². The van der Waals surface area contributed by atoms with Crippen LogP contribution in [-0.4, -0.2) is 9.97 Å². The number of ether oxygens (including phenoxy) is 1. The van der Waals surface area contributed by atoms with Crippen LogP contribution in [0.25, 0.3) is 21.6 Å². The molecule has 5 rings (SSSR count). The second-order valence-corrected chi connectivity index (χ2v) is 9.92. The lowest BCUT2D eigenvalue weighted by Crippen LogP contribution is -2.13. The van der Waals surface area contributed by atoms with Gasteiger partial charge >= 0.3 is 0 Å². The van der Waals surface area contributed by atoms with E-state index in [2.05, 4.69) is 11.9 Å². The first-order valence-corrected chi connectivity index (χ1v) is 11.8. The number of benzene rings is 2. The molecule has 31 heavy (non-hydrogen) atoms. The minimum Gasteiger partial charge on any atom is -0.489 e. The van der Waals surface area contributed by atoms with Crippen molar-refractivity contribution < 1.29 is 4.74 Å². The van der Waals surface area contributed by atoms with Crippen molar-refractivity contribution in [3.05, 3.63) is 78.9 Å². The van der Waals surface area contributed by atoms with E-state index in [1.807, 2.05) is 30.3 Å². The monoisotopic (exact) mass is 470 g/mol. The molecule has 1 N–H and O–H groups in total. The van der Waals surface area contributed by atoms with Crippen molar-refractivity contribution >= 4 is 44.8 Å². The van der Waals surface area contributed by atoms with Crippen molar-refractivity contribution in [2.24, 2.45) is 5.92 Å². The summed E-state index contributed by atoms with van der Waals surface area (Å²) in [5, 5.41) is 1.94. The number of nitrogens with zero attached hydrogens (tertiary/aromatic N) is 1. The quantitative estimate of drug-likeness (QED) is 0.362. The lowest BCUT2D eigenvalue weighted by Gasteiger charge is -2.17. The zero-order valence-electron chi connectivity index (χ0n) is 16.9. The highest BCUT2D eigenvalue weighted by molar-refractivity contribution is 7.18. The van der Waals surface area contributed by atoms with Gasteiger partial charge < -0.3 is 9.72 Å². The van der Waals surface area contributed by atoms with Gasteiger partial charge in [-0.05, 0) is 67.1 Å². The van der Waals surface area contributed by atoms with Crippen molar-refractivity contribution in [3.8, 4) is 17.1 Å². The van der Waals surface area contributed by atoms with Crippen molar-refractivity contribution in [1.29, 1.82) is 0 Å². The maximum atomic E-state index is 12.8. The number of halogens is 2. The number of hydrogen-bond acceptors (Lipinski definition) is 4. The summed E-state index contributed by atoms with van der Waals surface area (Å²) < 4.78 is 5.84. The summed E-state index contributed by atoms with van der Waals surface area (Å²) in [6.07, 6.45) is 3.13. The average molecular weight is 471 g/mol. The van der Waals surface area contributed by atoms with Crippen LogP contribution in [0.15, 0.2) is 47.3 Å². The summed E-state index contributed by atoms with van der Waals surface area (Å²) in [4.78, 5) is 22.7. The number of aromatic amines is 1. The lowest BCUT2D eigenvalue weighted by molar-refractivity contribution is 0.306. The highest BCUT2D eigenvalue weighted by atomic mass is 35.5. The van der Waals surface area contributed by atoms with E-state index >= 15 is 0 Å². The lowest BCUT2D eigenvalue weighted by atomic mass is 9.89. The Balaban J connectivity index is 1.38. The highest BCUT2D eigenvalue weighted by Crippen LogP contribution is 2.36. The summed E-state index contributed by atoms with van der Waals surface area (Å²) >= 11 is 13.8. The molecular weight excluding hydrogens is 451 g/mol. The molecule has 4 nitrogen and oxygen atoms in total. The third-order valence-corrected chi connectivity index (χ3v) is 7.44. The average Bonchev–Trinajstić information content (AvgIpc) is 3.11. The SMILES string of the molecule is C[C@@H]1CCc2c(sc3nc(-c4ccc(OCc5ccc(Cl)cc5Cl)cc4)[nH]c(=O)c23)C1. The highest BCUT2D eigenvalue weighted by Gasteiger charge is 2.23. The predicted octanol–water partition coefficient (Wildman–Crippen LogP) is 6.66. The molecule has 0 amide bonds. The smallest absolute Gasteiger partial charge is 0.260 e. The number of hydrogen-bond donors (Lipinski definition) is 1. The van der Waals surface area contributed by atoms with Crippen LogP contribution < -0.4 is 10.3 Å². The third-order valence-electron chi connectivity index (χ3n) is 5.70. The number of nitrogens with one attached hydrogen (secondary N) is 1. The van der Waals surface area contributed by atoms with Gasteiger partial charge in [-0.25, -0.2) is 4.98 Å². The third kappa shape index (κ3) is 4.10. The maximum absolute atomic E-state index is 12.8. The fraction of sp³-hybridized carbons (Fsp3) is 0.250. The fourth-order valence-electron chi connectivity index (χ4n) is 3.99. The normalized spacial score (nSPS) is 15.8. The van der Waals surface area contributed by atoms with Crippen LogP contribution in [0, 0.1) is 5.92 Å². The van der Waals surface area contributed by atoms with Gasteiger partial charge in [0.25, 0.3) is 5.56 Å². The largest absolute Gasteiger partial charge is 0.489 e. The minimum absolute atomic E-state index is 0.0511. The Morgan fingerprint density at radius 1 is 1.19 bits per heavy atom. The van der Waals surface area contributed by atoms with Gasteiger partial charge in [0.15, 0.2) is 0 Å². The zero-order valence-corrected chi connectivity index (χ0v) is 19.2. The molecule has 1 aliphatic rings. The van der Waals surface area contributed by atoms with Crippen LogP contribution in [-0.2, 0) is 19.4 Å². The van der Waals surface area contributed by atoms with E-state index in [4.69, 9.17) is 32.9 Å². The molecule has 2 aromatic carbocycles. The van der Waals surface area contributed by atoms with Gasteiger partial charge in [0.05, 0.1) is 5.39 Å². The molecule has 1 atom stereocenters. The van der Waals surface area contributed by atoms with E-state index in [0.717, 1.165) is 40.6 Å². The van der Waals surface area contributed by atoms with Gasteiger partial charge in [0.1, 0.15) is 23.0 Å². The van der Waals surface area contributed by atoms with E-state index in [0.29, 0.717) is 34.1 Å². The standard InChI is InChI=1S/C24H20Cl2N2O2S/c1-13-2-9-18-20(10-13)31-24-21(18)23(29)27-22(28-24)14-4-7-17(8-5-14)30-12-15-3-6-16(25)11-19(15)26/h3-8,11,13H,2,9-10,12H2,1H3,(H,27,28,29)/t13-/m1/s1. The van der Waals surface area contributed by atoms with Crippen LogP contribution in [0.2, 0.25) is 10.0 Å². The molecule has 0 unspecified atom stereocenters. The van der Waals surface area contributed by atoms with Gasteiger partial charge in [0, 0.05) is 26.0 Å². The zero-order chi connectivity index (χ0) is 21.5. The number of fused-ring (bicyclic) bond motifs is 3. The Morgan fingerprint density at radius 2 is 2.00 bits per heavy atom. The molecule has 2 aromatic heterocycles. The van der Waals surface area contributed by atoms with Crippen LogP contribution in [0.1, 0.15) is 29.3 Å². The van der Waals surface area contributed by atoms with E-state index in [-0.39, 0.29) is 5.56 Å². The second-order valence-electron chi connectivity index (χ2n) is 8.00. The number of rotatable bonds is 4. The second kappa shape index (κ2) is 8.30. The Morgan fingerprint density at radius 3 is 2.77 bits per heavy atom.